The summed E-state index contributed by atoms with van der Waals surface area (Å²) in [6.07, 6.45) is 6.93. The molecule has 0 saturated heterocycles. The fourth-order valence-corrected chi connectivity index (χ4v) is 2.13. The lowest BCUT2D eigenvalue weighted by molar-refractivity contribution is 0.434. The van der Waals surface area contributed by atoms with E-state index < -0.39 is 0 Å². The molecule has 1 fully saturated rings. The molecule has 0 amide bonds. The van der Waals surface area contributed by atoms with Crippen LogP contribution in [0.3, 0.4) is 0 Å². The van der Waals surface area contributed by atoms with Gasteiger partial charge >= 0.3 is 0 Å². The van der Waals surface area contributed by atoms with Gasteiger partial charge in [0, 0.05) is 0 Å². The van der Waals surface area contributed by atoms with Crippen LogP contribution >= 0.6 is 0 Å². The normalized spacial score (nSPS) is 20.8. The van der Waals surface area contributed by atoms with Gasteiger partial charge in [-0.2, -0.15) is 0 Å². The highest BCUT2D eigenvalue weighted by molar-refractivity contribution is 4.70. The minimum atomic E-state index is 0.742. The molecule has 1 unspecified atom stereocenters. The lowest BCUT2D eigenvalue weighted by atomic mass is 10.1. The van der Waals surface area contributed by atoms with E-state index in [4.69, 9.17) is 5.73 Å². The molecule has 2 heteroatoms. The molecule has 0 aromatic rings. The van der Waals surface area contributed by atoms with Crippen molar-refractivity contribution in [2.45, 2.75) is 39.0 Å². The van der Waals surface area contributed by atoms with E-state index in [1.54, 1.807) is 0 Å². The lowest BCUT2D eigenvalue weighted by Gasteiger charge is -2.14. The van der Waals surface area contributed by atoms with Gasteiger partial charge in [0.05, 0.1) is 0 Å². The van der Waals surface area contributed by atoms with Crippen molar-refractivity contribution >= 4 is 0 Å². The Morgan fingerprint density at radius 2 is 2.08 bits per heavy atom. The molecule has 1 aliphatic rings. The van der Waals surface area contributed by atoms with Gasteiger partial charge in [-0.25, -0.2) is 0 Å². The van der Waals surface area contributed by atoms with Gasteiger partial charge in [0.1, 0.15) is 0 Å². The Balaban J connectivity index is 1.93. The summed E-state index contributed by atoms with van der Waals surface area (Å²) in [7, 11) is 0. The van der Waals surface area contributed by atoms with Crippen molar-refractivity contribution < 1.29 is 0 Å². The number of nitrogens with one attached hydrogen (secondary N) is 1. The summed E-state index contributed by atoms with van der Waals surface area (Å²) in [5, 5.41) is 3.56. The Labute approximate surface area is 82.3 Å². The predicted octanol–water partition coefficient (Wildman–Crippen LogP) is 1.75. The third kappa shape index (κ3) is 4.63. The highest BCUT2D eigenvalue weighted by Crippen LogP contribution is 2.23. The standard InChI is InChI=1S/C11H24N2/c1-10(6-7-12)8-13-9-11-4-2-3-5-11/h10-11,13H,2-9,12H2,1H3. The average molecular weight is 184 g/mol. The van der Waals surface area contributed by atoms with Crippen LogP contribution in [-0.2, 0) is 0 Å². The number of hydrogen-bond acceptors (Lipinski definition) is 2. The van der Waals surface area contributed by atoms with Crippen molar-refractivity contribution in [1.29, 1.82) is 0 Å². The number of hydrogen-bond donors (Lipinski definition) is 2. The van der Waals surface area contributed by atoms with Crippen molar-refractivity contribution in [2.75, 3.05) is 19.6 Å². The molecule has 0 spiro atoms. The summed E-state index contributed by atoms with van der Waals surface area (Å²) in [6, 6.07) is 0. The van der Waals surface area contributed by atoms with Crippen LogP contribution in [0.25, 0.3) is 0 Å². The second kappa shape index (κ2) is 6.39. The third-order valence-corrected chi connectivity index (χ3v) is 3.06. The molecule has 13 heavy (non-hydrogen) atoms. The van der Waals surface area contributed by atoms with Crippen molar-refractivity contribution in [2.24, 2.45) is 17.6 Å². The van der Waals surface area contributed by atoms with Crippen LogP contribution < -0.4 is 11.1 Å². The van der Waals surface area contributed by atoms with Crippen LogP contribution in [0.4, 0.5) is 0 Å². The lowest BCUT2D eigenvalue weighted by Crippen LogP contribution is -2.27. The van der Waals surface area contributed by atoms with Gasteiger partial charge in [-0.15, -0.1) is 0 Å². The van der Waals surface area contributed by atoms with Crippen LogP contribution in [0.15, 0.2) is 0 Å². The Kier molecular flexibility index (Phi) is 5.40. The Bertz CT molecular complexity index is 119. The quantitative estimate of drug-likeness (QED) is 0.660. The van der Waals surface area contributed by atoms with Gasteiger partial charge in [-0.1, -0.05) is 19.8 Å². The maximum atomic E-state index is 5.50. The van der Waals surface area contributed by atoms with Crippen LogP contribution in [0.2, 0.25) is 0 Å². The summed E-state index contributed by atoms with van der Waals surface area (Å²) < 4.78 is 0. The van der Waals surface area contributed by atoms with Gasteiger partial charge < -0.3 is 11.1 Å². The van der Waals surface area contributed by atoms with Gasteiger partial charge in [0.15, 0.2) is 0 Å². The maximum Gasteiger partial charge on any atom is -0.00204 e. The molecule has 0 heterocycles. The van der Waals surface area contributed by atoms with Gasteiger partial charge in [0.25, 0.3) is 0 Å². The number of nitrogens with two attached hydrogens (primary N) is 1. The fourth-order valence-electron chi connectivity index (χ4n) is 2.13. The van der Waals surface area contributed by atoms with Crippen LogP contribution in [0.1, 0.15) is 39.0 Å². The molecule has 1 atom stereocenters. The first-order valence-corrected chi connectivity index (χ1v) is 5.73. The van der Waals surface area contributed by atoms with E-state index in [0.717, 1.165) is 31.3 Å². The number of rotatable bonds is 6. The van der Waals surface area contributed by atoms with E-state index in [1.807, 2.05) is 0 Å². The van der Waals surface area contributed by atoms with E-state index in [9.17, 15) is 0 Å². The van der Waals surface area contributed by atoms with E-state index in [-0.39, 0.29) is 0 Å². The van der Waals surface area contributed by atoms with Crippen LogP contribution in [0, 0.1) is 11.8 Å². The molecule has 1 aliphatic carbocycles. The highest BCUT2D eigenvalue weighted by atomic mass is 14.9. The minimum Gasteiger partial charge on any atom is -0.330 e. The largest absolute Gasteiger partial charge is 0.330 e. The molecule has 1 rings (SSSR count). The molecule has 0 radical (unpaired) electrons. The zero-order valence-corrected chi connectivity index (χ0v) is 8.89. The van der Waals surface area contributed by atoms with E-state index in [1.165, 1.54) is 32.2 Å². The van der Waals surface area contributed by atoms with Crippen LogP contribution in [0.5, 0.6) is 0 Å². The van der Waals surface area contributed by atoms with Gasteiger partial charge in [0.2, 0.25) is 0 Å². The zero-order chi connectivity index (χ0) is 9.52. The minimum absolute atomic E-state index is 0.742. The Hall–Kier alpha value is -0.0800. The summed E-state index contributed by atoms with van der Waals surface area (Å²) >= 11 is 0. The van der Waals surface area contributed by atoms with Crippen molar-refractivity contribution in [3.8, 4) is 0 Å². The summed E-state index contributed by atoms with van der Waals surface area (Å²) in [5.41, 5.74) is 5.50. The molecule has 0 aromatic heterocycles. The SMILES string of the molecule is CC(CCN)CNCC1CCCC1. The molecule has 0 aliphatic heterocycles. The smallest absolute Gasteiger partial charge is 0.00204 e. The monoisotopic (exact) mass is 184 g/mol. The molecule has 3 N–H and O–H groups in total. The molecule has 0 bridgehead atoms. The zero-order valence-electron chi connectivity index (χ0n) is 8.89. The molecule has 78 valence electrons. The average Bonchev–Trinajstić information content (AvgIpc) is 2.57. The highest BCUT2D eigenvalue weighted by Gasteiger charge is 2.14. The van der Waals surface area contributed by atoms with Gasteiger partial charge in [-0.3, -0.25) is 0 Å². The summed E-state index contributed by atoms with van der Waals surface area (Å²) in [4.78, 5) is 0. The second-order valence-electron chi connectivity index (χ2n) is 4.49. The first-order chi connectivity index (χ1) is 6.33. The summed E-state index contributed by atoms with van der Waals surface area (Å²) in [5.74, 6) is 1.71. The third-order valence-electron chi connectivity index (χ3n) is 3.06. The Morgan fingerprint density at radius 1 is 1.38 bits per heavy atom. The van der Waals surface area contributed by atoms with Crippen LogP contribution in [-0.4, -0.2) is 19.6 Å². The van der Waals surface area contributed by atoms with E-state index in [2.05, 4.69) is 12.2 Å². The fraction of sp³-hybridized carbons (Fsp3) is 1.00. The molecule has 0 aromatic carbocycles. The van der Waals surface area contributed by atoms with Crippen molar-refractivity contribution in [3.05, 3.63) is 0 Å². The second-order valence-corrected chi connectivity index (χ2v) is 4.49. The van der Waals surface area contributed by atoms with Crippen molar-refractivity contribution in [3.63, 3.8) is 0 Å². The molecular weight excluding hydrogens is 160 g/mol. The molecular formula is C11H24N2. The molecule has 1 saturated carbocycles. The Morgan fingerprint density at radius 3 is 2.69 bits per heavy atom. The van der Waals surface area contributed by atoms with E-state index >= 15 is 0 Å². The van der Waals surface area contributed by atoms with Gasteiger partial charge in [-0.05, 0) is 50.7 Å². The van der Waals surface area contributed by atoms with E-state index in [0.29, 0.717) is 0 Å². The predicted molar refractivity (Wildman–Crippen MR) is 57.7 cm³/mol. The summed E-state index contributed by atoms with van der Waals surface area (Å²) in [6.45, 7) is 5.48. The molecule has 2 nitrogen and oxygen atoms in total. The maximum absolute atomic E-state index is 5.50. The first kappa shape index (κ1) is 11.0. The topological polar surface area (TPSA) is 38.0 Å². The first-order valence-electron chi connectivity index (χ1n) is 5.73. The van der Waals surface area contributed by atoms with Crippen molar-refractivity contribution in [1.82, 2.24) is 5.32 Å².